The molecule has 0 bridgehead atoms. The number of nitrogens with zero attached hydrogens (tertiary/aromatic N) is 1. The predicted octanol–water partition coefficient (Wildman–Crippen LogP) is 3.50. The summed E-state index contributed by atoms with van der Waals surface area (Å²) in [4.78, 5) is 5.81. The molecule has 1 aromatic carbocycles. The first-order chi connectivity index (χ1) is 7.72. The molecular formula is C13H15NOS. The summed E-state index contributed by atoms with van der Waals surface area (Å²) in [6.07, 6.45) is -0.0430. The average molecular weight is 233 g/mol. The van der Waals surface area contributed by atoms with Gasteiger partial charge in [0.05, 0.1) is 5.69 Å². The Bertz CT molecular complexity index is 445. The quantitative estimate of drug-likeness (QED) is 0.809. The fourth-order valence-corrected chi connectivity index (χ4v) is 2.65. The Hall–Kier alpha value is -1.19. The van der Waals surface area contributed by atoms with Crippen molar-refractivity contribution in [3.8, 4) is 0 Å². The lowest BCUT2D eigenvalue weighted by Crippen LogP contribution is -2.02. The summed E-state index contributed by atoms with van der Waals surface area (Å²) >= 11 is 1.71. The first-order valence-corrected chi connectivity index (χ1v) is 6.05. The smallest absolute Gasteiger partial charge is 0.134 e. The molecule has 0 aliphatic heterocycles. The van der Waals surface area contributed by atoms with E-state index in [9.17, 15) is 0 Å². The van der Waals surface area contributed by atoms with Gasteiger partial charge < -0.3 is 4.74 Å². The number of methoxy groups -OCH3 is 1. The molecule has 1 unspecified atom stereocenters. The molecule has 0 saturated carbocycles. The molecule has 3 heteroatoms. The molecule has 16 heavy (non-hydrogen) atoms. The number of aromatic nitrogens is 1. The minimum absolute atomic E-state index is 0.0430. The van der Waals surface area contributed by atoms with Gasteiger partial charge in [0.2, 0.25) is 0 Å². The molecule has 0 aliphatic rings. The van der Waals surface area contributed by atoms with Crippen LogP contribution in [0.25, 0.3) is 0 Å². The Labute approximate surface area is 99.9 Å². The molecule has 1 aromatic heterocycles. The van der Waals surface area contributed by atoms with Crippen LogP contribution in [0.15, 0.2) is 30.3 Å². The summed E-state index contributed by atoms with van der Waals surface area (Å²) in [6.45, 7) is 4.13. The third-order valence-corrected chi connectivity index (χ3v) is 3.72. The zero-order chi connectivity index (χ0) is 11.5. The van der Waals surface area contributed by atoms with Crippen molar-refractivity contribution in [1.82, 2.24) is 4.98 Å². The van der Waals surface area contributed by atoms with Crippen LogP contribution in [0.5, 0.6) is 0 Å². The molecular weight excluding hydrogens is 218 g/mol. The second-order valence-electron chi connectivity index (χ2n) is 3.72. The third-order valence-electron chi connectivity index (χ3n) is 2.61. The number of rotatable bonds is 3. The number of hydrogen-bond donors (Lipinski definition) is 0. The molecule has 0 amide bonds. The molecule has 84 valence electrons. The Kier molecular flexibility index (Phi) is 3.36. The summed E-state index contributed by atoms with van der Waals surface area (Å²) in [6, 6.07) is 10.2. The Morgan fingerprint density at radius 2 is 1.88 bits per heavy atom. The standard InChI is InChI=1S/C13H15NOS/c1-9-10(2)16-13(14-9)12(15-3)11-7-5-4-6-8-11/h4-8,12H,1-3H3. The summed E-state index contributed by atoms with van der Waals surface area (Å²) < 4.78 is 5.54. The van der Waals surface area contributed by atoms with Gasteiger partial charge in [-0.25, -0.2) is 4.98 Å². The van der Waals surface area contributed by atoms with E-state index in [0.29, 0.717) is 0 Å². The minimum Gasteiger partial charge on any atom is -0.370 e. The second-order valence-corrected chi connectivity index (χ2v) is 4.95. The SMILES string of the molecule is COC(c1ccccc1)c1nc(C)c(C)s1. The summed E-state index contributed by atoms with van der Waals surface area (Å²) in [5.74, 6) is 0. The molecule has 0 spiro atoms. The molecule has 0 saturated heterocycles. The van der Waals surface area contributed by atoms with Gasteiger partial charge in [0.25, 0.3) is 0 Å². The fourth-order valence-electron chi connectivity index (χ4n) is 1.62. The number of ether oxygens (including phenoxy) is 1. The molecule has 0 N–H and O–H groups in total. The highest BCUT2D eigenvalue weighted by Gasteiger charge is 2.17. The molecule has 0 fully saturated rings. The largest absolute Gasteiger partial charge is 0.370 e. The van der Waals surface area contributed by atoms with Gasteiger partial charge in [-0.05, 0) is 19.4 Å². The molecule has 2 nitrogen and oxygen atoms in total. The van der Waals surface area contributed by atoms with Crippen LogP contribution in [0.4, 0.5) is 0 Å². The lowest BCUT2D eigenvalue weighted by Gasteiger charge is -2.12. The van der Waals surface area contributed by atoms with Crippen molar-refractivity contribution >= 4 is 11.3 Å². The Morgan fingerprint density at radius 1 is 1.19 bits per heavy atom. The van der Waals surface area contributed by atoms with E-state index in [4.69, 9.17) is 4.74 Å². The van der Waals surface area contributed by atoms with Crippen molar-refractivity contribution in [1.29, 1.82) is 0 Å². The molecule has 0 radical (unpaired) electrons. The number of hydrogen-bond acceptors (Lipinski definition) is 3. The first-order valence-electron chi connectivity index (χ1n) is 5.24. The summed E-state index contributed by atoms with van der Waals surface area (Å²) in [7, 11) is 1.73. The Balaban J connectivity index is 2.37. The highest BCUT2D eigenvalue weighted by molar-refractivity contribution is 7.11. The van der Waals surface area contributed by atoms with Crippen LogP contribution < -0.4 is 0 Å². The van der Waals surface area contributed by atoms with Crippen molar-refractivity contribution in [2.45, 2.75) is 20.0 Å². The van der Waals surface area contributed by atoms with Gasteiger partial charge in [0.15, 0.2) is 0 Å². The van der Waals surface area contributed by atoms with Crippen molar-refractivity contribution in [3.63, 3.8) is 0 Å². The number of thiazole rings is 1. The highest BCUT2D eigenvalue weighted by Crippen LogP contribution is 2.29. The van der Waals surface area contributed by atoms with Crippen molar-refractivity contribution in [2.75, 3.05) is 7.11 Å². The van der Waals surface area contributed by atoms with E-state index in [1.54, 1.807) is 18.4 Å². The monoisotopic (exact) mass is 233 g/mol. The highest BCUT2D eigenvalue weighted by atomic mass is 32.1. The van der Waals surface area contributed by atoms with Crippen molar-refractivity contribution < 1.29 is 4.74 Å². The molecule has 1 atom stereocenters. The van der Waals surface area contributed by atoms with Crippen LogP contribution in [0.3, 0.4) is 0 Å². The molecule has 2 rings (SSSR count). The predicted molar refractivity (Wildman–Crippen MR) is 66.9 cm³/mol. The summed E-state index contributed by atoms with van der Waals surface area (Å²) in [5.41, 5.74) is 2.25. The van der Waals surface area contributed by atoms with Crippen LogP contribution in [0.2, 0.25) is 0 Å². The maximum Gasteiger partial charge on any atom is 0.134 e. The molecule has 0 aliphatic carbocycles. The van der Waals surface area contributed by atoms with E-state index < -0.39 is 0 Å². The van der Waals surface area contributed by atoms with Gasteiger partial charge in [0.1, 0.15) is 11.1 Å². The van der Waals surface area contributed by atoms with E-state index in [1.165, 1.54) is 4.88 Å². The first kappa shape index (κ1) is 11.3. The van der Waals surface area contributed by atoms with Crippen LogP contribution >= 0.6 is 11.3 Å². The molecule has 1 heterocycles. The van der Waals surface area contributed by atoms with E-state index in [0.717, 1.165) is 16.3 Å². The van der Waals surface area contributed by atoms with Gasteiger partial charge >= 0.3 is 0 Å². The van der Waals surface area contributed by atoms with Crippen LogP contribution in [0.1, 0.15) is 27.2 Å². The van der Waals surface area contributed by atoms with E-state index in [2.05, 4.69) is 24.0 Å². The van der Waals surface area contributed by atoms with Crippen LogP contribution in [-0.2, 0) is 4.74 Å². The zero-order valence-corrected chi connectivity index (χ0v) is 10.5. The fraction of sp³-hybridized carbons (Fsp3) is 0.308. The zero-order valence-electron chi connectivity index (χ0n) is 9.73. The average Bonchev–Trinajstić information content (AvgIpc) is 2.61. The van der Waals surface area contributed by atoms with Gasteiger partial charge in [0, 0.05) is 12.0 Å². The molecule has 2 aromatic rings. The van der Waals surface area contributed by atoms with Gasteiger partial charge in [-0.3, -0.25) is 0 Å². The third kappa shape index (κ3) is 2.15. The summed E-state index contributed by atoms with van der Waals surface area (Å²) in [5, 5.41) is 1.03. The normalized spacial score (nSPS) is 12.7. The van der Waals surface area contributed by atoms with Crippen LogP contribution in [0, 0.1) is 13.8 Å². The number of benzene rings is 1. The second kappa shape index (κ2) is 4.76. The number of aryl methyl sites for hydroxylation is 2. The van der Waals surface area contributed by atoms with E-state index in [-0.39, 0.29) is 6.10 Å². The topological polar surface area (TPSA) is 22.1 Å². The minimum atomic E-state index is -0.0430. The van der Waals surface area contributed by atoms with E-state index >= 15 is 0 Å². The van der Waals surface area contributed by atoms with Crippen LogP contribution in [-0.4, -0.2) is 12.1 Å². The maximum absolute atomic E-state index is 5.54. The lowest BCUT2D eigenvalue weighted by atomic mass is 10.1. The maximum atomic E-state index is 5.54. The van der Waals surface area contributed by atoms with Crippen molar-refractivity contribution in [3.05, 3.63) is 51.5 Å². The van der Waals surface area contributed by atoms with Gasteiger partial charge in [-0.2, -0.15) is 0 Å². The van der Waals surface area contributed by atoms with E-state index in [1.807, 2.05) is 25.1 Å². The lowest BCUT2D eigenvalue weighted by molar-refractivity contribution is 0.136. The van der Waals surface area contributed by atoms with Crippen molar-refractivity contribution in [2.24, 2.45) is 0 Å². The van der Waals surface area contributed by atoms with Gasteiger partial charge in [-0.15, -0.1) is 11.3 Å². The Morgan fingerprint density at radius 3 is 2.38 bits per heavy atom. The van der Waals surface area contributed by atoms with Gasteiger partial charge in [-0.1, -0.05) is 30.3 Å².